The van der Waals surface area contributed by atoms with Gasteiger partial charge in [0.05, 0.1) is 13.2 Å². The Morgan fingerprint density at radius 1 is 1.11 bits per heavy atom. The van der Waals surface area contributed by atoms with Gasteiger partial charge in [0.25, 0.3) is 0 Å². The number of benzene rings is 1. The second-order valence-electron chi connectivity index (χ2n) is 5.30. The topological polar surface area (TPSA) is 18.5 Å². The number of aryl methyl sites for hydroxylation is 1. The van der Waals surface area contributed by atoms with Crippen LogP contribution in [-0.4, -0.2) is 19.0 Å². The van der Waals surface area contributed by atoms with Crippen LogP contribution < -0.4 is 0 Å². The first-order valence-corrected chi connectivity index (χ1v) is 7.03. The predicted molar refractivity (Wildman–Crippen MR) is 73.8 cm³/mol. The van der Waals surface area contributed by atoms with Crippen LogP contribution in [-0.2, 0) is 15.9 Å². The molecule has 0 amide bonds. The van der Waals surface area contributed by atoms with Gasteiger partial charge in [-0.15, -0.1) is 0 Å². The number of hydrogen-bond donors (Lipinski definition) is 0. The Balaban J connectivity index is 1.97. The minimum atomic E-state index is -0.376. The first-order chi connectivity index (χ1) is 8.67. The Hall–Kier alpha value is -0.860. The standard InChI is InChI=1S/C16H24O2/c1-4-6-13-7-9-14(10-8-13)15-11-17-16(3,5-2)18-12-15/h7-10,15H,4-6,11-12H2,1-3H3/t15-,16-. The normalized spacial score (nSPS) is 28.3. The van der Waals surface area contributed by atoms with Crippen molar-refractivity contribution in [3.8, 4) is 0 Å². The predicted octanol–water partition coefficient (Wildman–Crippen LogP) is 3.90. The molecule has 18 heavy (non-hydrogen) atoms. The first kappa shape index (κ1) is 13.6. The summed E-state index contributed by atoms with van der Waals surface area (Å²) in [6, 6.07) is 8.90. The maximum atomic E-state index is 5.84. The van der Waals surface area contributed by atoms with Crippen LogP contribution >= 0.6 is 0 Å². The lowest BCUT2D eigenvalue weighted by atomic mass is 9.97. The van der Waals surface area contributed by atoms with E-state index in [2.05, 4.69) is 38.1 Å². The summed E-state index contributed by atoms with van der Waals surface area (Å²) in [5, 5.41) is 0. The van der Waals surface area contributed by atoms with E-state index in [9.17, 15) is 0 Å². The van der Waals surface area contributed by atoms with Gasteiger partial charge < -0.3 is 9.47 Å². The molecule has 2 nitrogen and oxygen atoms in total. The zero-order chi connectivity index (χ0) is 13.0. The molecule has 0 unspecified atom stereocenters. The van der Waals surface area contributed by atoms with Crippen LogP contribution in [0.2, 0.25) is 0 Å². The van der Waals surface area contributed by atoms with E-state index in [1.807, 2.05) is 6.92 Å². The van der Waals surface area contributed by atoms with Crippen molar-refractivity contribution in [1.82, 2.24) is 0 Å². The summed E-state index contributed by atoms with van der Waals surface area (Å²) in [4.78, 5) is 0. The smallest absolute Gasteiger partial charge is 0.165 e. The third-order valence-corrected chi connectivity index (χ3v) is 3.81. The maximum Gasteiger partial charge on any atom is 0.165 e. The van der Waals surface area contributed by atoms with Gasteiger partial charge in [-0.2, -0.15) is 0 Å². The molecule has 2 rings (SSSR count). The van der Waals surface area contributed by atoms with Crippen LogP contribution in [0.4, 0.5) is 0 Å². The lowest BCUT2D eigenvalue weighted by Gasteiger charge is -2.37. The number of hydrogen-bond acceptors (Lipinski definition) is 2. The molecule has 0 aliphatic carbocycles. The average molecular weight is 248 g/mol. The summed E-state index contributed by atoms with van der Waals surface area (Å²) < 4.78 is 11.7. The van der Waals surface area contributed by atoms with Crippen LogP contribution in [0, 0.1) is 0 Å². The molecule has 2 heteroatoms. The summed E-state index contributed by atoms with van der Waals surface area (Å²) in [6.07, 6.45) is 3.25. The monoisotopic (exact) mass is 248 g/mol. The quantitative estimate of drug-likeness (QED) is 0.804. The van der Waals surface area contributed by atoms with E-state index >= 15 is 0 Å². The molecule has 1 aromatic rings. The minimum absolute atomic E-state index is 0.375. The minimum Gasteiger partial charge on any atom is -0.350 e. The molecule has 0 N–H and O–H groups in total. The van der Waals surface area contributed by atoms with E-state index in [0.717, 1.165) is 26.1 Å². The summed E-state index contributed by atoms with van der Waals surface area (Å²) >= 11 is 0. The van der Waals surface area contributed by atoms with Crippen LogP contribution in [0.25, 0.3) is 0 Å². The second kappa shape index (κ2) is 5.85. The fourth-order valence-electron chi connectivity index (χ4n) is 2.29. The maximum absolute atomic E-state index is 5.84. The molecule has 0 radical (unpaired) electrons. The SMILES string of the molecule is CCCc1ccc([C@H]2CO[C@](C)(CC)OC2)cc1. The van der Waals surface area contributed by atoms with E-state index in [1.54, 1.807) is 0 Å². The fourth-order valence-corrected chi connectivity index (χ4v) is 2.29. The van der Waals surface area contributed by atoms with E-state index in [-0.39, 0.29) is 5.79 Å². The van der Waals surface area contributed by atoms with E-state index in [1.165, 1.54) is 17.5 Å². The van der Waals surface area contributed by atoms with Crippen molar-refractivity contribution >= 4 is 0 Å². The molecule has 1 aromatic carbocycles. The lowest BCUT2D eigenvalue weighted by molar-refractivity contribution is -0.263. The highest BCUT2D eigenvalue weighted by Crippen LogP contribution is 2.29. The Labute approximate surface area is 110 Å². The van der Waals surface area contributed by atoms with E-state index in [0.29, 0.717) is 5.92 Å². The number of ether oxygens (including phenoxy) is 2. The highest BCUT2D eigenvalue weighted by molar-refractivity contribution is 5.26. The van der Waals surface area contributed by atoms with Gasteiger partial charge in [-0.3, -0.25) is 0 Å². The summed E-state index contributed by atoms with van der Waals surface area (Å²) in [5.74, 6) is -0.00106. The largest absolute Gasteiger partial charge is 0.350 e. The van der Waals surface area contributed by atoms with Crippen molar-refractivity contribution in [2.75, 3.05) is 13.2 Å². The highest BCUT2D eigenvalue weighted by Gasteiger charge is 2.31. The lowest BCUT2D eigenvalue weighted by Crippen LogP contribution is -2.40. The van der Waals surface area contributed by atoms with Crippen molar-refractivity contribution in [3.05, 3.63) is 35.4 Å². The molecule has 0 bridgehead atoms. The Bertz CT molecular complexity index is 361. The first-order valence-electron chi connectivity index (χ1n) is 7.03. The molecule has 0 atom stereocenters. The summed E-state index contributed by atoms with van der Waals surface area (Å²) in [6.45, 7) is 7.85. The van der Waals surface area contributed by atoms with Crippen LogP contribution in [0.5, 0.6) is 0 Å². The van der Waals surface area contributed by atoms with Crippen molar-refractivity contribution in [1.29, 1.82) is 0 Å². The molecule has 0 saturated carbocycles. The number of rotatable bonds is 4. The molecule has 100 valence electrons. The van der Waals surface area contributed by atoms with Crippen LogP contribution in [0.3, 0.4) is 0 Å². The molecule has 1 saturated heterocycles. The van der Waals surface area contributed by atoms with Gasteiger partial charge in [0, 0.05) is 5.92 Å². The third-order valence-electron chi connectivity index (χ3n) is 3.81. The molecular weight excluding hydrogens is 224 g/mol. The van der Waals surface area contributed by atoms with Gasteiger partial charge in [-0.05, 0) is 30.9 Å². The molecular formula is C16H24O2. The van der Waals surface area contributed by atoms with Crippen molar-refractivity contribution in [2.45, 2.75) is 51.7 Å². The Morgan fingerprint density at radius 3 is 2.22 bits per heavy atom. The van der Waals surface area contributed by atoms with E-state index in [4.69, 9.17) is 9.47 Å². The molecule has 1 aliphatic rings. The fraction of sp³-hybridized carbons (Fsp3) is 0.625. The molecule has 1 fully saturated rings. The highest BCUT2D eigenvalue weighted by atomic mass is 16.7. The Morgan fingerprint density at radius 2 is 1.72 bits per heavy atom. The average Bonchev–Trinajstić information content (AvgIpc) is 2.41. The summed E-state index contributed by atoms with van der Waals surface area (Å²) in [7, 11) is 0. The van der Waals surface area contributed by atoms with Gasteiger partial charge in [0.2, 0.25) is 0 Å². The molecule has 0 spiro atoms. The van der Waals surface area contributed by atoms with Crippen molar-refractivity contribution in [2.24, 2.45) is 0 Å². The van der Waals surface area contributed by atoms with Crippen LogP contribution in [0.1, 0.15) is 50.7 Å². The summed E-state index contributed by atoms with van der Waals surface area (Å²) in [5.41, 5.74) is 2.74. The second-order valence-corrected chi connectivity index (χ2v) is 5.30. The van der Waals surface area contributed by atoms with Gasteiger partial charge in [-0.25, -0.2) is 0 Å². The molecule has 1 aliphatic heterocycles. The zero-order valence-electron chi connectivity index (χ0n) is 11.7. The van der Waals surface area contributed by atoms with Gasteiger partial charge in [0.15, 0.2) is 5.79 Å². The third kappa shape index (κ3) is 3.12. The van der Waals surface area contributed by atoms with Crippen molar-refractivity contribution in [3.63, 3.8) is 0 Å². The van der Waals surface area contributed by atoms with E-state index < -0.39 is 0 Å². The van der Waals surface area contributed by atoms with Gasteiger partial charge in [-0.1, -0.05) is 44.5 Å². The van der Waals surface area contributed by atoms with Gasteiger partial charge in [0.1, 0.15) is 0 Å². The Kier molecular flexibility index (Phi) is 4.41. The van der Waals surface area contributed by atoms with Crippen LogP contribution in [0.15, 0.2) is 24.3 Å². The molecule has 0 aromatic heterocycles. The molecule has 1 heterocycles. The van der Waals surface area contributed by atoms with Gasteiger partial charge >= 0.3 is 0 Å². The van der Waals surface area contributed by atoms with Crippen molar-refractivity contribution < 1.29 is 9.47 Å². The zero-order valence-corrected chi connectivity index (χ0v) is 11.7.